The Morgan fingerprint density at radius 1 is 1.19 bits per heavy atom. The Bertz CT molecular complexity index is 507. The van der Waals surface area contributed by atoms with Crippen molar-refractivity contribution < 1.29 is 0 Å². The van der Waals surface area contributed by atoms with Gasteiger partial charge in [-0.05, 0) is 25.7 Å². The number of rotatable bonds is 1. The molecule has 0 saturated carbocycles. The molecule has 0 amide bonds. The smallest absolute Gasteiger partial charge is 0.197 e. The lowest BCUT2D eigenvalue weighted by molar-refractivity contribution is 0.663. The molecule has 1 N–H and O–H groups in total. The van der Waals surface area contributed by atoms with Crippen LogP contribution in [0.15, 0.2) is 12.4 Å². The summed E-state index contributed by atoms with van der Waals surface area (Å²) < 4.78 is 0. The molecule has 5 heteroatoms. The van der Waals surface area contributed by atoms with Gasteiger partial charge >= 0.3 is 0 Å². The molecule has 1 aliphatic carbocycles. The fourth-order valence-corrected chi connectivity index (χ4v) is 2.33. The van der Waals surface area contributed by atoms with Crippen LogP contribution >= 0.6 is 11.6 Å². The van der Waals surface area contributed by atoms with Crippen molar-refractivity contribution in [3.05, 3.63) is 28.8 Å². The Labute approximate surface area is 98.1 Å². The molecular formula is C11H11ClN4. The lowest BCUT2D eigenvalue weighted by atomic mass is 9.97. The van der Waals surface area contributed by atoms with Crippen LogP contribution in [0.1, 0.15) is 24.1 Å². The molecule has 2 aromatic rings. The highest BCUT2D eigenvalue weighted by Crippen LogP contribution is 2.26. The van der Waals surface area contributed by atoms with Gasteiger partial charge in [0.25, 0.3) is 0 Å². The molecule has 2 aromatic heterocycles. The van der Waals surface area contributed by atoms with E-state index in [0.717, 1.165) is 24.1 Å². The summed E-state index contributed by atoms with van der Waals surface area (Å²) in [5.41, 5.74) is 2.20. The third-order valence-electron chi connectivity index (χ3n) is 2.84. The first-order valence-corrected chi connectivity index (χ1v) is 5.77. The van der Waals surface area contributed by atoms with E-state index in [4.69, 9.17) is 11.6 Å². The SMILES string of the molecule is Clc1nc(-c2ncc[nH]2)nc2c1CCCC2. The highest BCUT2D eigenvalue weighted by molar-refractivity contribution is 6.30. The van der Waals surface area contributed by atoms with Crippen LogP contribution in [-0.2, 0) is 12.8 Å². The second kappa shape index (κ2) is 3.87. The molecule has 0 unspecified atom stereocenters. The van der Waals surface area contributed by atoms with E-state index in [2.05, 4.69) is 19.9 Å². The highest BCUT2D eigenvalue weighted by Gasteiger charge is 2.17. The molecule has 0 saturated heterocycles. The van der Waals surface area contributed by atoms with Crippen molar-refractivity contribution in [2.45, 2.75) is 25.7 Å². The maximum atomic E-state index is 6.17. The first-order valence-electron chi connectivity index (χ1n) is 5.39. The topological polar surface area (TPSA) is 54.5 Å². The maximum Gasteiger partial charge on any atom is 0.197 e. The summed E-state index contributed by atoms with van der Waals surface area (Å²) in [5.74, 6) is 1.27. The molecule has 4 nitrogen and oxygen atoms in total. The monoisotopic (exact) mass is 234 g/mol. The van der Waals surface area contributed by atoms with E-state index >= 15 is 0 Å². The van der Waals surface area contributed by atoms with Crippen LogP contribution in [0.5, 0.6) is 0 Å². The summed E-state index contributed by atoms with van der Waals surface area (Å²) in [6, 6.07) is 0. The normalized spacial score (nSPS) is 14.8. The largest absolute Gasteiger partial charge is 0.342 e. The van der Waals surface area contributed by atoms with E-state index < -0.39 is 0 Å². The van der Waals surface area contributed by atoms with Crippen molar-refractivity contribution in [2.24, 2.45) is 0 Å². The van der Waals surface area contributed by atoms with Crippen molar-refractivity contribution in [3.63, 3.8) is 0 Å². The van der Waals surface area contributed by atoms with Crippen LogP contribution in [0, 0.1) is 0 Å². The average Bonchev–Trinajstić information content (AvgIpc) is 2.82. The van der Waals surface area contributed by atoms with Crippen LogP contribution in [0.2, 0.25) is 5.15 Å². The van der Waals surface area contributed by atoms with E-state index in [1.807, 2.05) is 0 Å². The van der Waals surface area contributed by atoms with Gasteiger partial charge in [-0.25, -0.2) is 15.0 Å². The van der Waals surface area contributed by atoms with Crippen molar-refractivity contribution in [3.8, 4) is 11.6 Å². The van der Waals surface area contributed by atoms with Gasteiger partial charge < -0.3 is 4.98 Å². The number of halogens is 1. The van der Waals surface area contributed by atoms with Gasteiger partial charge in [-0.15, -0.1) is 0 Å². The third-order valence-corrected chi connectivity index (χ3v) is 3.16. The molecule has 3 rings (SSSR count). The van der Waals surface area contributed by atoms with E-state index in [1.54, 1.807) is 12.4 Å². The summed E-state index contributed by atoms with van der Waals surface area (Å²) in [5, 5.41) is 0.580. The van der Waals surface area contributed by atoms with E-state index in [9.17, 15) is 0 Å². The van der Waals surface area contributed by atoms with Gasteiger partial charge in [0.05, 0.1) is 0 Å². The molecule has 0 fully saturated rings. The molecule has 0 atom stereocenters. The minimum absolute atomic E-state index is 0.580. The van der Waals surface area contributed by atoms with Crippen molar-refractivity contribution in [1.29, 1.82) is 0 Å². The van der Waals surface area contributed by atoms with E-state index in [0.29, 0.717) is 16.8 Å². The van der Waals surface area contributed by atoms with Gasteiger partial charge in [0.2, 0.25) is 0 Å². The molecule has 0 aromatic carbocycles. The fourth-order valence-electron chi connectivity index (χ4n) is 2.04. The van der Waals surface area contributed by atoms with Gasteiger partial charge in [-0.2, -0.15) is 0 Å². The quantitative estimate of drug-likeness (QED) is 0.771. The van der Waals surface area contributed by atoms with Crippen molar-refractivity contribution in [2.75, 3.05) is 0 Å². The van der Waals surface area contributed by atoms with Gasteiger partial charge in [-0.3, -0.25) is 0 Å². The summed E-state index contributed by atoms with van der Waals surface area (Å²) in [6.07, 6.45) is 7.78. The highest BCUT2D eigenvalue weighted by atomic mass is 35.5. The minimum Gasteiger partial charge on any atom is -0.342 e. The number of H-pyrrole nitrogens is 1. The first kappa shape index (κ1) is 9.78. The van der Waals surface area contributed by atoms with Gasteiger partial charge in [-0.1, -0.05) is 11.6 Å². The second-order valence-electron chi connectivity index (χ2n) is 3.91. The van der Waals surface area contributed by atoms with Crippen LogP contribution in [0.25, 0.3) is 11.6 Å². The van der Waals surface area contributed by atoms with Gasteiger partial charge in [0, 0.05) is 23.7 Å². The molecule has 16 heavy (non-hydrogen) atoms. The van der Waals surface area contributed by atoms with E-state index in [1.165, 1.54) is 12.8 Å². The molecule has 0 radical (unpaired) electrons. The standard InChI is InChI=1S/C11H11ClN4/c12-9-7-3-1-2-4-8(7)15-11(16-9)10-13-5-6-14-10/h5-6H,1-4H2,(H,13,14). The summed E-state index contributed by atoms with van der Waals surface area (Å²) in [7, 11) is 0. The number of aromatic nitrogens is 4. The molecule has 0 bridgehead atoms. The first-order chi connectivity index (χ1) is 7.84. The lowest BCUT2D eigenvalue weighted by Crippen LogP contribution is -2.09. The molecule has 1 aliphatic rings. The number of hydrogen-bond donors (Lipinski definition) is 1. The van der Waals surface area contributed by atoms with Gasteiger partial charge in [0.15, 0.2) is 11.6 Å². The molecular weight excluding hydrogens is 224 g/mol. The van der Waals surface area contributed by atoms with Crippen LogP contribution < -0.4 is 0 Å². The number of aromatic amines is 1. The fraction of sp³-hybridized carbons (Fsp3) is 0.364. The third kappa shape index (κ3) is 1.59. The number of nitrogens with zero attached hydrogens (tertiary/aromatic N) is 3. The van der Waals surface area contributed by atoms with Gasteiger partial charge in [0.1, 0.15) is 5.15 Å². The van der Waals surface area contributed by atoms with Crippen LogP contribution in [-0.4, -0.2) is 19.9 Å². The van der Waals surface area contributed by atoms with Crippen LogP contribution in [0.3, 0.4) is 0 Å². The average molecular weight is 235 g/mol. The Hall–Kier alpha value is -1.42. The zero-order chi connectivity index (χ0) is 11.0. The summed E-state index contributed by atoms with van der Waals surface area (Å²) >= 11 is 6.17. The Balaban J connectivity index is 2.12. The predicted molar refractivity (Wildman–Crippen MR) is 61.3 cm³/mol. The minimum atomic E-state index is 0.580. The lowest BCUT2D eigenvalue weighted by Gasteiger charge is -2.15. The number of nitrogens with one attached hydrogen (secondary N) is 1. The zero-order valence-corrected chi connectivity index (χ0v) is 9.46. The molecule has 82 valence electrons. The Morgan fingerprint density at radius 3 is 2.88 bits per heavy atom. The molecule has 0 spiro atoms. The number of hydrogen-bond acceptors (Lipinski definition) is 3. The maximum absolute atomic E-state index is 6.17. The zero-order valence-electron chi connectivity index (χ0n) is 8.70. The summed E-state index contributed by atoms with van der Waals surface area (Å²) in [6.45, 7) is 0. The van der Waals surface area contributed by atoms with Crippen molar-refractivity contribution >= 4 is 11.6 Å². The Kier molecular flexibility index (Phi) is 2.36. The number of fused-ring (bicyclic) bond motifs is 1. The number of aryl methyl sites for hydroxylation is 1. The molecule has 2 heterocycles. The van der Waals surface area contributed by atoms with Crippen LogP contribution in [0.4, 0.5) is 0 Å². The Morgan fingerprint density at radius 2 is 2.06 bits per heavy atom. The van der Waals surface area contributed by atoms with Crippen molar-refractivity contribution in [1.82, 2.24) is 19.9 Å². The summed E-state index contributed by atoms with van der Waals surface area (Å²) in [4.78, 5) is 15.9. The number of imidazole rings is 1. The predicted octanol–water partition coefficient (Wildman–Crippen LogP) is 2.40. The molecule has 0 aliphatic heterocycles. The van der Waals surface area contributed by atoms with E-state index in [-0.39, 0.29) is 0 Å². The second-order valence-corrected chi connectivity index (χ2v) is 4.27.